The molecule has 0 spiro atoms. The lowest BCUT2D eigenvalue weighted by Gasteiger charge is -2.19. The Balaban J connectivity index is 2.36. The molecule has 2 N–H and O–H groups in total. The van der Waals surface area contributed by atoms with Crippen LogP contribution in [0.1, 0.15) is 49.7 Å². The van der Waals surface area contributed by atoms with Gasteiger partial charge in [-0.25, -0.2) is 4.79 Å². The smallest absolute Gasteiger partial charge is 0.348 e. The molecule has 1 amide bonds. The average molecular weight is 313 g/mol. The molecule has 0 bridgehead atoms. The average Bonchev–Trinajstić information content (AvgIpc) is 2.74. The van der Waals surface area contributed by atoms with Gasteiger partial charge in [-0.3, -0.25) is 9.59 Å². The van der Waals surface area contributed by atoms with Gasteiger partial charge in [0.2, 0.25) is 5.91 Å². The summed E-state index contributed by atoms with van der Waals surface area (Å²) in [4.78, 5) is 34.2. The highest BCUT2D eigenvalue weighted by Crippen LogP contribution is 2.22. The van der Waals surface area contributed by atoms with E-state index in [0.29, 0.717) is 6.42 Å². The van der Waals surface area contributed by atoms with E-state index in [1.165, 1.54) is 0 Å². The molecule has 21 heavy (non-hydrogen) atoms. The predicted molar refractivity (Wildman–Crippen MR) is 79.6 cm³/mol. The monoisotopic (exact) mass is 313 g/mol. The van der Waals surface area contributed by atoms with E-state index in [0.717, 1.165) is 11.3 Å². The number of carboxylic acids is 1. The summed E-state index contributed by atoms with van der Waals surface area (Å²) in [5.74, 6) is -1.74. The third-order valence-electron chi connectivity index (χ3n) is 2.34. The van der Waals surface area contributed by atoms with Crippen molar-refractivity contribution in [1.29, 1.82) is 0 Å². The first-order chi connectivity index (χ1) is 9.69. The van der Waals surface area contributed by atoms with E-state index in [-0.39, 0.29) is 35.3 Å². The summed E-state index contributed by atoms with van der Waals surface area (Å²) in [6.45, 7) is 5.34. The fraction of sp³-hybridized carbons (Fsp3) is 0.500. The predicted octanol–water partition coefficient (Wildman–Crippen LogP) is 2.90. The second-order valence-corrected chi connectivity index (χ2v) is 6.37. The molecule has 1 heterocycles. The Bertz CT molecular complexity index is 530. The van der Waals surface area contributed by atoms with Crippen LogP contribution < -0.4 is 5.32 Å². The number of aromatic carboxylic acids is 1. The van der Waals surface area contributed by atoms with Crippen molar-refractivity contribution in [1.82, 2.24) is 0 Å². The number of nitrogens with one attached hydrogen (secondary N) is 1. The molecule has 0 aliphatic rings. The van der Waals surface area contributed by atoms with Gasteiger partial charge in [0.1, 0.15) is 10.5 Å². The zero-order valence-electron chi connectivity index (χ0n) is 12.3. The van der Waals surface area contributed by atoms with Gasteiger partial charge in [0.25, 0.3) is 0 Å². The molecule has 0 aliphatic carbocycles. The highest BCUT2D eigenvalue weighted by atomic mass is 32.1. The second kappa shape index (κ2) is 7.21. The summed E-state index contributed by atoms with van der Waals surface area (Å²) < 4.78 is 5.13. The third kappa shape index (κ3) is 6.40. The first-order valence-electron chi connectivity index (χ1n) is 6.51. The molecule has 1 aromatic heterocycles. The summed E-state index contributed by atoms with van der Waals surface area (Å²) in [5.41, 5.74) is -0.248. The van der Waals surface area contributed by atoms with Crippen LogP contribution in [0.15, 0.2) is 11.4 Å². The number of hydrogen-bond donors (Lipinski definition) is 2. The number of esters is 1. The van der Waals surface area contributed by atoms with Gasteiger partial charge in [0.15, 0.2) is 0 Å². The molecule has 6 nitrogen and oxygen atoms in total. The van der Waals surface area contributed by atoms with Crippen molar-refractivity contribution in [3.63, 3.8) is 0 Å². The van der Waals surface area contributed by atoms with E-state index in [9.17, 15) is 14.4 Å². The summed E-state index contributed by atoms with van der Waals surface area (Å²) in [7, 11) is 0. The van der Waals surface area contributed by atoms with E-state index < -0.39 is 11.6 Å². The third-order valence-corrected chi connectivity index (χ3v) is 3.24. The van der Waals surface area contributed by atoms with Gasteiger partial charge in [-0.15, -0.1) is 11.3 Å². The fourth-order valence-corrected chi connectivity index (χ4v) is 2.26. The zero-order valence-corrected chi connectivity index (χ0v) is 13.1. The van der Waals surface area contributed by atoms with E-state index in [2.05, 4.69) is 5.32 Å². The van der Waals surface area contributed by atoms with Crippen LogP contribution in [0.2, 0.25) is 0 Å². The molecule has 0 unspecified atom stereocenters. The fourth-order valence-electron chi connectivity index (χ4n) is 1.57. The molecule has 7 heteroatoms. The molecule has 0 saturated carbocycles. The maximum Gasteiger partial charge on any atom is 0.348 e. The van der Waals surface area contributed by atoms with Gasteiger partial charge < -0.3 is 15.2 Å². The van der Waals surface area contributed by atoms with Crippen LogP contribution in [-0.4, -0.2) is 28.6 Å². The summed E-state index contributed by atoms with van der Waals surface area (Å²) >= 11 is 1.05. The Morgan fingerprint density at radius 2 is 1.95 bits per heavy atom. The highest BCUT2D eigenvalue weighted by molar-refractivity contribution is 7.12. The first kappa shape index (κ1) is 17.2. The minimum absolute atomic E-state index is 0.0930. The Morgan fingerprint density at radius 1 is 1.29 bits per heavy atom. The van der Waals surface area contributed by atoms with Gasteiger partial charge in [-0.05, 0) is 38.6 Å². The normalized spacial score (nSPS) is 11.0. The lowest BCUT2D eigenvalue weighted by atomic mass is 10.2. The number of anilines is 1. The van der Waals surface area contributed by atoms with Crippen molar-refractivity contribution in [2.24, 2.45) is 0 Å². The Hall–Kier alpha value is -1.89. The minimum Gasteiger partial charge on any atom is -0.477 e. The van der Waals surface area contributed by atoms with E-state index in [1.807, 2.05) is 0 Å². The topological polar surface area (TPSA) is 92.7 Å². The van der Waals surface area contributed by atoms with Crippen LogP contribution in [0.5, 0.6) is 0 Å². The van der Waals surface area contributed by atoms with Crippen LogP contribution in [-0.2, 0) is 14.3 Å². The molecule has 0 saturated heterocycles. The second-order valence-electron chi connectivity index (χ2n) is 5.46. The van der Waals surface area contributed by atoms with Crippen molar-refractivity contribution in [3.8, 4) is 0 Å². The largest absolute Gasteiger partial charge is 0.477 e. The van der Waals surface area contributed by atoms with Crippen LogP contribution in [0.4, 0.5) is 5.69 Å². The number of carbonyl (C=O) groups is 3. The summed E-state index contributed by atoms with van der Waals surface area (Å²) in [6, 6.07) is 1.54. The van der Waals surface area contributed by atoms with Crippen molar-refractivity contribution >= 4 is 34.9 Å². The van der Waals surface area contributed by atoms with Crippen molar-refractivity contribution < 1.29 is 24.2 Å². The molecular weight excluding hydrogens is 294 g/mol. The van der Waals surface area contributed by atoms with Gasteiger partial charge in [-0.2, -0.15) is 0 Å². The molecule has 0 aromatic carbocycles. The maximum atomic E-state index is 11.7. The minimum atomic E-state index is -1.07. The summed E-state index contributed by atoms with van der Waals surface area (Å²) in [5, 5.41) is 13.1. The van der Waals surface area contributed by atoms with E-state index in [1.54, 1.807) is 32.2 Å². The van der Waals surface area contributed by atoms with Gasteiger partial charge in [0, 0.05) is 12.8 Å². The lowest BCUT2D eigenvalue weighted by Crippen LogP contribution is -2.24. The van der Waals surface area contributed by atoms with Gasteiger partial charge in [-0.1, -0.05) is 0 Å². The van der Waals surface area contributed by atoms with Crippen molar-refractivity contribution in [2.75, 3.05) is 5.32 Å². The molecule has 116 valence electrons. The number of amides is 1. The standard InChI is InChI=1S/C14H19NO5S/c1-14(2,3)20-11(17)6-4-5-10(16)15-9-7-8-21-12(9)13(18)19/h7-8H,4-6H2,1-3H3,(H,15,16)(H,18,19). The van der Waals surface area contributed by atoms with Crippen LogP contribution >= 0.6 is 11.3 Å². The maximum absolute atomic E-state index is 11.7. The number of rotatable bonds is 6. The molecule has 1 aromatic rings. The molecule has 0 aliphatic heterocycles. The molecule has 0 fully saturated rings. The molecule has 0 atom stereocenters. The Kier molecular flexibility index (Phi) is 5.90. The number of carboxylic acid groups (broad SMARTS) is 1. The molecular formula is C14H19NO5S. The Morgan fingerprint density at radius 3 is 2.52 bits per heavy atom. The van der Waals surface area contributed by atoms with Crippen LogP contribution in [0.25, 0.3) is 0 Å². The quantitative estimate of drug-likeness (QED) is 0.788. The number of ether oxygens (including phenoxy) is 1. The first-order valence-corrected chi connectivity index (χ1v) is 7.39. The number of thiophene rings is 1. The Labute approximate surface area is 127 Å². The highest BCUT2D eigenvalue weighted by Gasteiger charge is 2.17. The summed E-state index contributed by atoms with van der Waals surface area (Å²) in [6.07, 6.45) is 0.640. The number of hydrogen-bond acceptors (Lipinski definition) is 5. The van der Waals surface area contributed by atoms with Crippen LogP contribution in [0.3, 0.4) is 0 Å². The number of carbonyl (C=O) groups excluding carboxylic acids is 2. The zero-order chi connectivity index (χ0) is 16.0. The molecule has 1 rings (SSSR count). The van der Waals surface area contributed by atoms with E-state index >= 15 is 0 Å². The van der Waals surface area contributed by atoms with E-state index in [4.69, 9.17) is 9.84 Å². The lowest BCUT2D eigenvalue weighted by molar-refractivity contribution is -0.154. The molecule has 0 radical (unpaired) electrons. The van der Waals surface area contributed by atoms with Crippen LogP contribution in [0, 0.1) is 0 Å². The van der Waals surface area contributed by atoms with Gasteiger partial charge in [0.05, 0.1) is 5.69 Å². The van der Waals surface area contributed by atoms with Crippen molar-refractivity contribution in [3.05, 3.63) is 16.3 Å². The van der Waals surface area contributed by atoms with Gasteiger partial charge >= 0.3 is 11.9 Å². The SMILES string of the molecule is CC(C)(C)OC(=O)CCCC(=O)Nc1ccsc1C(=O)O. The van der Waals surface area contributed by atoms with Crippen molar-refractivity contribution in [2.45, 2.75) is 45.6 Å².